The van der Waals surface area contributed by atoms with Crippen LogP contribution in [0.15, 0.2) is 30.6 Å². The minimum Gasteiger partial charge on any atom is -0.367 e. The lowest BCUT2D eigenvalue weighted by atomic mass is 9.87. The fourth-order valence-electron chi connectivity index (χ4n) is 3.41. The normalized spacial score (nSPS) is 25.7. The first-order chi connectivity index (χ1) is 9.85. The summed E-state index contributed by atoms with van der Waals surface area (Å²) in [6.45, 7) is 4.52. The minimum absolute atomic E-state index is 0.473. The second-order valence-corrected chi connectivity index (χ2v) is 5.97. The lowest BCUT2D eigenvalue weighted by molar-refractivity contribution is 0.369. The maximum atomic E-state index is 4.41. The smallest absolute Gasteiger partial charge is 0.151 e. The molecular formula is C15H19N5. The fraction of sp³-hybridized carbons (Fsp3) is 0.467. The molecule has 20 heavy (non-hydrogen) atoms. The zero-order valence-corrected chi connectivity index (χ0v) is 11.5. The monoisotopic (exact) mass is 269 g/mol. The number of rotatable bonds is 2. The van der Waals surface area contributed by atoms with Crippen molar-refractivity contribution in [2.45, 2.75) is 12.8 Å². The van der Waals surface area contributed by atoms with E-state index in [0.717, 1.165) is 43.3 Å². The standard InChI is InChI=1S/C15H19N5/c1-2-14(19-18-13(1)12-3-6-16-9-12)20-8-5-15(11-20)4-7-17-10-15/h1-3,6,9,16-17H,4-5,7-8,10-11H2. The van der Waals surface area contributed by atoms with E-state index in [4.69, 9.17) is 0 Å². The Bertz CT molecular complexity index is 569. The third-order valence-electron chi connectivity index (χ3n) is 4.64. The molecule has 2 fully saturated rings. The molecule has 0 aliphatic carbocycles. The summed E-state index contributed by atoms with van der Waals surface area (Å²) in [5.41, 5.74) is 2.48. The molecular weight excluding hydrogens is 250 g/mol. The van der Waals surface area contributed by atoms with Gasteiger partial charge in [-0.05, 0) is 37.6 Å². The summed E-state index contributed by atoms with van der Waals surface area (Å²) >= 11 is 0. The number of H-pyrrole nitrogens is 1. The highest BCUT2D eigenvalue weighted by Crippen LogP contribution is 2.37. The fourth-order valence-corrected chi connectivity index (χ4v) is 3.41. The Hall–Kier alpha value is -1.88. The Morgan fingerprint density at radius 2 is 2.15 bits per heavy atom. The van der Waals surface area contributed by atoms with Gasteiger partial charge >= 0.3 is 0 Å². The van der Waals surface area contributed by atoms with Crippen LogP contribution in [-0.2, 0) is 0 Å². The van der Waals surface area contributed by atoms with Gasteiger partial charge < -0.3 is 15.2 Å². The molecule has 2 N–H and O–H groups in total. The number of nitrogens with one attached hydrogen (secondary N) is 2. The average Bonchev–Trinajstić information content (AvgIpc) is 3.23. The molecule has 0 bridgehead atoms. The Labute approximate surface area is 118 Å². The van der Waals surface area contributed by atoms with E-state index in [1.165, 1.54) is 12.8 Å². The number of aromatic amines is 1. The van der Waals surface area contributed by atoms with E-state index >= 15 is 0 Å². The molecule has 104 valence electrons. The van der Waals surface area contributed by atoms with E-state index in [1.54, 1.807) is 0 Å². The van der Waals surface area contributed by atoms with Crippen LogP contribution < -0.4 is 10.2 Å². The van der Waals surface area contributed by atoms with Crippen LogP contribution in [0.4, 0.5) is 5.82 Å². The van der Waals surface area contributed by atoms with E-state index in [1.807, 2.05) is 18.5 Å². The van der Waals surface area contributed by atoms with Gasteiger partial charge in [-0.2, -0.15) is 0 Å². The van der Waals surface area contributed by atoms with E-state index in [2.05, 4.69) is 37.5 Å². The lowest BCUT2D eigenvalue weighted by Crippen LogP contribution is -2.29. The molecule has 5 nitrogen and oxygen atoms in total. The van der Waals surface area contributed by atoms with Crippen LogP contribution in [0.5, 0.6) is 0 Å². The van der Waals surface area contributed by atoms with Gasteiger partial charge in [0.05, 0.1) is 5.69 Å². The summed E-state index contributed by atoms with van der Waals surface area (Å²) < 4.78 is 0. The summed E-state index contributed by atoms with van der Waals surface area (Å²) in [5.74, 6) is 1.01. The predicted molar refractivity (Wildman–Crippen MR) is 78.6 cm³/mol. The van der Waals surface area contributed by atoms with E-state index in [9.17, 15) is 0 Å². The largest absolute Gasteiger partial charge is 0.367 e. The zero-order chi connectivity index (χ0) is 13.4. The zero-order valence-electron chi connectivity index (χ0n) is 11.5. The number of nitrogens with zero attached hydrogens (tertiary/aromatic N) is 3. The van der Waals surface area contributed by atoms with Crippen molar-refractivity contribution in [1.29, 1.82) is 0 Å². The summed E-state index contributed by atoms with van der Waals surface area (Å²) in [6, 6.07) is 6.17. The van der Waals surface area contributed by atoms with Crippen molar-refractivity contribution in [1.82, 2.24) is 20.5 Å². The molecule has 2 saturated heterocycles. The van der Waals surface area contributed by atoms with Gasteiger partial charge in [-0.3, -0.25) is 0 Å². The molecule has 0 amide bonds. The number of hydrogen-bond donors (Lipinski definition) is 2. The second kappa shape index (κ2) is 4.59. The molecule has 1 spiro atoms. The van der Waals surface area contributed by atoms with Crippen LogP contribution in [0, 0.1) is 5.41 Å². The third-order valence-corrected chi connectivity index (χ3v) is 4.64. The van der Waals surface area contributed by atoms with E-state index < -0.39 is 0 Å². The first kappa shape index (κ1) is 11.9. The van der Waals surface area contributed by atoms with Crippen molar-refractivity contribution in [3.63, 3.8) is 0 Å². The SMILES string of the molecule is c1cc(-c2ccc(N3CCC4(CCNC4)C3)nn2)c[nH]1. The van der Waals surface area contributed by atoms with Gasteiger partial charge in [0.25, 0.3) is 0 Å². The first-order valence-electron chi connectivity index (χ1n) is 7.27. The Morgan fingerprint density at radius 1 is 1.15 bits per heavy atom. The van der Waals surface area contributed by atoms with Gasteiger partial charge in [0.2, 0.25) is 0 Å². The highest BCUT2D eigenvalue weighted by molar-refractivity contribution is 5.58. The van der Waals surface area contributed by atoms with E-state index in [-0.39, 0.29) is 0 Å². The minimum atomic E-state index is 0.473. The molecule has 5 heteroatoms. The van der Waals surface area contributed by atoms with Crippen LogP contribution in [0.1, 0.15) is 12.8 Å². The van der Waals surface area contributed by atoms with Crippen molar-refractivity contribution < 1.29 is 0 Å². The van der Waals surface area contributed by atoms with Crippen LogP contribution in [0.3, 0.4) is 0 Å². The molecule has 2 aromatic heterocycles. The molecule has 2 aliphatic rings. The summed E-state index contributed by atoms with van der Waals surface area (Å²) in [7, 11) is 0. The van der Waals surface area contributed by atoms with Crippen LogP contribution in [0.25, 0.3) is 11.3 Å². The number of hydrogen-bond acceptors (Lipinski definition) is 4. The lowest BCUT2D eigenvalue weighted by Gasteiger charge is -2.23. The number of anilines is 1. The van der Waals surface area contributed by atoms with Crippen molar-refractivity contribution in [3.05, 3.63) is 30.6 Å². The van der Waals surface area contributed by atoms with Gasteiger partial charge in [0.15, 0.2) is 5.82 Å². The van der Waals surface area contributed by atoms with Crippen LogP contribution in [-0.4, -0.2) is 41.4 Å². The van der Waals surface area contributed by atoms with Gasteiger partial charge in [-0.15, -0.1) is 10.2 Å². The summed E-state index contributed by atoms with van der Waals surface area (Å²) in [6.07, 6.45) is 6.40. The summed E-state index contributed by atoms with van der Waals surface area (Å²) in [5, 5.41) is 12.3. The Kier molecular flexibility index (Phi) is 2.73. The summed E-state index contributed by atoms with van der Waals surface area (Å²) in [4.78, 5) is 5.42. The topological polar surface area (TPSA) is 56.8 Å². The van der Waals surface area contributed by atoms with Crippen molar-refractivity contribution in [2.75, 3.05) is 31.1 Å². The predicted octanol–water partition coefficient (Wildman–Crippen LogP) is 1.66. The molecule has 0 radical (unpaired) electrons. The highest BCUT2D eigenvalue weighted by Gasteiger charge is 2.40. The molecule has 4 rings (SSSR count). The van der Waals surface area contributed by atoms with Gasteiger partial charge in [0, 0.05) is 43.0 Å². The highest BCUT2D eigenvalue weighted by atomic mass is 15.3. The van der Waals surface area contributed by atoms with Gasteiger partial charge in [-0.1, -0.05) is 0 Å². The molecule has 4 heterocycles. The van der Waals surface area contributed by atoms with Gasteiger partial charge in [0.1, 0.15) is 0 Å². The Morgan fingerprint density at radius 3 is 2.85 bits per heavy atom. The molecule has 1 atom stereocenters. The van der Waals surface area contributed by atoms with Crippen LogP contribution >= 0.6 is 0 Å². The second-order valence-electron chi connectivity index (χ2n) is 5.97. The quantitative estimate of drug-likeness (QED) is 0.870. The van der Waals surface area contributed by atoms with Crippen molar-refractivity contribution in [2.24, 2.45) is 5.41 Å². The molecule has 1 unspecified atom stereocenters. The first-order valence-corrected chi connectivity index (χ1v) is 7.27. The molecule has 2 aliphatic heterocycles. The van der Waals surface area contributed by atoms with Gasteiger partial charge in [-0.25, -0.2) is 0 Å². The third kappa shape index (κ3) is 1.98. The molecule has 0 saturated carbocycles. The van der Waals surface area contributed by atoms with Crippen LogP contribution in [0.2, 0.25) is 0 Å². The molecule has 0 aromatic carbocycles. The number of aromatic nitrogens is 3. The maximum Gasteiger partial charge on any atom is 0.151 e. The van der Waals surface area contributed by atoms with Crippen molar-refractivity contribution in [3.8, 4) is 11.3 Å². The maximum absolute atomic E-state index is 4.41. The molecule has 2 aromatic rings. The van der Waals surface area contributed by atoms with E-state index in [0.29, 0.717) is 5.41 Å². The van der Waals surface area contributed by atoms with Crippen molar-refractivity contribution >= 4 is 5.82 Å². The Balaban J connectivity index is 1.52. The average molecular weight is 269 g/mol.